The van der Waals surface area contributed by atoms with Gasteiger partial charge in [0.15, 0.2) is 0 Å². The van der Waals surface area contributed by atoms with Crippen molar-refractivity contribution in [3.8, 4) is 0 Å². The summed E-state index contributed by atoms with van der Waals surface area (Å²) in [5.74, 6) is -4.74. The van der Waals surface area contributed by atoms with Crippen molar-refractivity contribution in [3.63, 3.8) is 0 Å². The predicted molar refractivity (Wildman–Crippen MR) is 280 cm³/mol. The number of nitrogens with one attached hydrogen (secondary N) is 5. The highest BCUT2D eigenvalue weighted by atomic mass is 16.4. The predicted octanol–water partition coefficient (Wildman–Crippen LogP) is 6.17. The van der Waals surface area contributed by atoms with E-state index in [1.54, 1.807) is 55.5 Å². The van der Waals surface area contributed by atoms with Crippen molar-refractivity contribution in [2.24, 2.45) is 11.8 Å². The van der Waals surface area contributed by atoms with Crippen LogP contribution >= 0.6 is 0 Å². The minimum Gasteiger partial charge on any atom is -0.480 e. The van der Waals surface area contributed by atoms with E-state index in [-0.39, 0.29) is 49.2 Å². The van der Waals surface area contributed by atoms with Crippen LogP contribution < -0.4 is 26.8 Å². The van der Waals surface area contributed by atoms with Crippen LogP contribution in [0.1, 0.15) is 113 Å². The number of nitrogens with zero attached hydrogens (tertiary/aromatic N) is 3. The zero-order valence-electron chi connectivity index (χ0n) is 42.2. The average Bonchev–Trinajstić information content (AvgIpc) is 3.76. The smallest absolute Gasteiger partial charge is 0.320 e. The largest absolute Gasteiger partial charge is 0.480 e. The van der Waals surface area contributed by atoms with Crippen molar-refractivity contribution < 1.29 is 48.6 Å². The molecule has 390 valence electrons. The molecule has 1 unspecified atom stereocenters. The molecule has 2 aliphatic heterocycles. The number of carbonyl (C=O) groups excluding carboxylic acids is 6. The minimum atomic E-state index is -1.20. The van der Waals surface area contributed by atoms with E-state index in [9.17, 15) is 53.4 Å². The zero-order valence-corrected chi connectivity index (χ0v) is 42.2. The van der Waals surface area contributed by atoms with E-state index in [1.807, 2.05) is 82.3 Å². The molecule has 0 aliphatic carbocycles. The van der Waals surface area contributed by atoms with Gasteiger partial charge in [0.2, 0.25) is 11.8 Å². The number of carboxylic acid groups (broad SMARTS) is 2. The summed E-state index contributed by atoms with van der Waals surface area (Å²) in [6.07, 6.45) is 0.649. The first-order valence-electron chi connectivity index (χ1n) is 24.8. The number of carboxylic acids is 2. The normalized spacial score (nSPS) is 15.0. The fraction of sp³-hybridized carbons (Fsp3) is 0.321. The molecule has 5 atom stereocenters. The molecule has 0 saturated heterocycles. The molecule has 8 rings (SSSR count). The van der Waals surface area contributed by atoms with Gasteiger partial charge in [0.1, 0.15) is 12.1 Å². The maximum atomic E-state index is 13.1. The first kappa shape index (κ1) is 54.4. The van der Waals surface area contributed by atoms with Gasteiger partial charge in [-0.05, 0) is 108 Å². The Morgan fingerprint density at radius 2 is 0.907 bits per heavy atom. The molecule has 0 bridgehead atoms. The maximum absolute atomic E-state index is 13.1. The average molecular weight is 1020 g/mol. The third-order valence-corrected chi connectivity index (χ3v) is 12.9. The Balaban J connectivity index is 0.000000219. The van der Waals surface area contributed by atoms with Crippen molar-refractivity contribution in [2.75, 3.05) is 18.4 Å². The standard InChI is InChI=1S/C28H31N5O6.C28H29N3O5/c1-15(2)12-23(25(35)29-16(3)21-8-9-24(34)32-31-21)30-22(28(38)39)10-11-33-26(36)19-13-17-6-4-5-7-18(17)14-20(19)27(33)37;1-17(2)14-24(25(32)29-20-10-4-3-5-11-20)30-23(28(35)36)12-13-31-26(33)21-15-18-8-6-7-9-19(18)16-22(21)27(31)34/h4-9,13-16,22-23,30H,10-12H2,1-3H3,(H,29,35)(H,32,34)(H,38,39);3-11,15-17,23-24,30H,12-14H2,1-2H3,(H,29,32)(H,35,36)/t16?,22-,23+;23-,24+/m11/s1. The summed E-state index contributed by atoms with van der Waals surface area (Å²) >= 11 is 0. The highest BCUT2D eigenvalue weighted by molar-refractivity contribution is 6.24. The first-order valence-corrected chi connectivity index (χ1v) is 24.8. The van der Waals surface area contributed by atoms with E-state index < -0.39 is 71.7 Å². The number of hydrogen-bond donors (Lipinski definition) is 7. The Hall–Kier alpha value is -8.42. The molecular weight excluding hydrogens is 961 g/mol. The Morgan fingerprint density at radius 1 is 0.520 bits per heavy atom. The molecule has 2 aliphatic rings. The number of amides is 6. The molecule has 0 saturated carbocycles. The van der Waals surface area contributed by atoms with E-state index in [2.05, 4.69) is 31.5 Å². The van der Waals surface area contributed by atoms with Crippen molar-refractivity contribution in [1.82, 2.24) is 35.9 Å². The number of hydrogen-bond acceptors (Lipinski definition) is 12. The molecule has 5 aromatic carbocycles. The summed E-state index contributed by atoms with van der Waals surface area (Å²) < 4.78 is 0. The Morgan fingerprint density at radius 3 is 1.27 bits per heavy atom. The number of aliphatic carboxylic acids is 2. The maximum Gasteiger partial charge on any atom is 0.320 e. The van der Waals surface area contributed by atoms with Crippen molar-refractivity contribution in [2.45, 2.75) is 90.5 Å². The Bertz CT molecular complexity index is 3080. The highest BCUT2D eigenvalue weighted by Crippen LogP contribution is 2.30. The quantitative estimate of drug-likeness (QED) is 0.0398. The lowest BCUT2D eigenvalue weighted by molar-refractivity contribution is -0.141. The molecule has 0 radical (unpaired) electrons. The fourth-order valence-electron chi connectivity index (χ4n) is 9.10. The molecule has 0 spiro atoms. The van der Waals surface area contributed by atoms with E-state index >= 15 is 0 Å². The first-order chi connectivity index (χ1) is 35.8. The topological polar surface area (TPSA) is 277 Å². The number of rotatable bonds is 21. The van der Waals surface area contributed by atoms with Gasteiger partial charge in [-0.1, -0.05) is 94.4 Å². The molecule has 6 aromatic rings. The summed E-state index contributed by atoms with van der Waals surface area (Å²) in [7, 11) is 0. The number of benzene rings is 5. The van der Waals surface area contributed by atoms with Crippen LogP contribution in [0.25, 0.3) is 21.5 Å². The monoisotopic (exact) mass is 1020 g/mol. The van der Waals surface area contributed by atoms with Crippen molar-refractivity contribution in [1.29, 1.82) is 0 Å². The third-order valence-electron chi connectivity index (χ3n) is 12.9. The number of imide groups is 2. The van der Waals surface area contributed by atoms with Crippen molar-refractivity contribution >= 4 is 74.6 Å². The second-order valence-corrected chi connectivity index (χ2v) is 19.5. The molecule has 3 heterocycles. The molecule has 7 N–H and O–H groups in total. The number of aromatic amines is 1. The number of anilines is 1. The summed E-state index contributed by atoms with van der Waals surface area (Å²) in [5, 5.41) is 40.9. The molecule has 0 fully saturated rings. The van der Waals surface area contributed by atoms with Gasteiger partial charge in [0.05, 0.1) is 46.1 Å². The SMILES string of the molecule is CC(C)C[C@H](N[C@H](CCN1C(=O)c2cc3ccccc3cc2C1=O)C(=O)O)C(=O)NC(C)c1ccc(=O)[nH]n1.CC(C)C[C@H](N[C@H](CCN1C(=O)c2cc3ccccc3cc2C1=O)C(=O)O)C(=O)Nc1ccccc1. The summed E-state index contributed by atoms with van der Waals surface area (Å²) in [4.78, 5) is 116. The van der Waals surface area contributed by atoms with Gasteiger partial charge in [0.25, 0.3) is 29.2 Å². The van der Waals surface area contributed by atoms with E-state index in [1.165, 1.54) is 12.1 Å². The second kappa shape index (κ2) is 24.1. The molecule has 19 nitrogen and oxygen atoms in total. The van der Waals surface area contributed by atoms with Crippen LogP contribution in [-0.4, -0.2) is 115 Å². The molecule has 75 heavy (non-hydrogen) atoms. The summed E-state index contributed by atoms with van der Waals surface area (Å²) in [5.41, 5.74) is 1.91. The number of fused-ring (bicyclic) bond motifs is 4. The lowest BCUT2D eigenvalue weighted by Crippen LogP contribution is -2.52. The van der Waals surface area contributed by atoms with E-state index in [0.29, 0.717) is 46.5 Å². The summed E-state index contributed by atoms with van der Waals surface area (Å²) in [6, 6.07) is 28.9. The van der Waals surface area contributed by atoms with Gasteiger partial charge in [-0.25, -0.2) is 5.10 Å². The van der Waals surface area contributed by atoms with Gasteiger partial charge in [0, 0.05) is 24.8 Å². The van der Waals surface area contributed by atoms with Crippen LogP contribution in [0.2, 0.25) is 0 Å². The lowest BCUT2D eigenvalue weighted by Gasteiger charge is -2.26. The number of carbonyl (C=O) groups is 8. The van der Waals surface area contributed by atoms with Gasteiger partial charge >= 0.3 is 11.9 Å². The number of aromatic nitrogens is 2. The van der Waals surface area contributed by atoms with Crippen LogP contribution in [0, 0.1) is 11.8 Å². The minimum absolute atomic E-state index is 0.0342. The number of para-hydroxylation sites is 1. The van der Waals surface area contributed by atoms with E-state index in [4.69, 9.17) is 0 Å². The third kappa shape index (κ3) is 13.2. The highest BCUT2D eigenvalue weighted by Gasteiger charge is 2.39. The van der Waals surface area contributed by atoms with Crippen LogP contribution in [0.3, 0.4) is 0 Å². The van der Waals surface area contributed by atoms with Crippen molar-refractivity contribution in [3.05, 3.63) is 154 Å². The Kier molecular flexibility index (Phi) is 17.5. The van der Waals surface area contributed by atoms with Crippen LogP contribution in [0.4, 0.5) is 5.69 Å². The molecule has 6 amide bonds. The molecular formula is C56H60N8O11. The van der Waals surface area contributed by atoms with Crippen LogP contribution in [0.15, 0.2) is 120 Å². The zero-order chi connectivity index (χ0) is 54.1. The van der Waals surface area contributed by atoms with Crippen LogP contribution in [-0.2, 0) is 19.2 Å². The Labute approximate surface area is 432 Å². The van der Waals surface area contributed by atoms with Gasteiger partial charge in [-0.2, -0.15) is 5.10 Å². The molecule has 19 heteroatoms. The number of H-pyrrole nitrogens is 1. The fourth-order valence-corrected chi connectivity index (χ4v) is 9.10. The molecule has 1 aromatic heterocycles. The second-order valence-electron chi connectivity index (χ2n) is 19.5. The van der Waals surface area contributed by atoms with Gasteiger partial charge in [-0.15, -0.1) is 0 Å². The van der Waals surface area contributed by atoms with Gasteiger partial charge in [-0.3, -0.25) is 63.6 Å². The summed E-state index contributed by atoms with van der Waals surface area (Å²) in [6.45, 7) is 9.21. The van der Waals surface area contributed by atoms with E-state index in [0.717, 1.165) is 31.3 Å². The lowest BCUT2D eigenvalue weighted by atomic mass is 10.0. The van der Waals surface area contributed by atoms with Crippen LogP contribution in [0.5, 0.6) is 0 Å². The van der Waals surface area contributed by atoms with Gasteiger partial charge < -0.3 is 20.8 Å².